The van der Waals surface area contributed by atoms with Crippen LogP contribution in [0.25, 0.3) is 0 Å². The Hall–Kier alpha value is -3.03. The molecule has 150 valence electrons. The molecule has 0 heterocycles. The van der Waals surface area contributed by atoms with E-state index in [4.69, 9.17) is 16.3 Å². The normalized spacial score (nSPS) is 11.0. The predicted octanol–water partition coefficient (Wildman–Crippen LogP) is 4.47. The quantitative estimate of drug-likeness (QED) is 0.579. The molecule has 0 bridgehead atoms. The molecule has 0 aromatic heterocycles. The van der Waals surface area contributed by atoms with Crippen molar-refractivity contribution in [1.82, 2.24) is 0 Å². The number of carbonyl (C=O) groups is 1. The van der Waals surface area contributed by atoms with Crippen LogP contribution < -0.4 is 14.8 Å². The Labute approximate surface area is 174 Å². The Morgan fingerprint density at radius 1 is 1.00 bits per heavy atom. The van der Waals surface area contributed by atoms with Crippen LogP contribution >= 0.6 is 11.6 Å². The van der Waals surface area contributed by atoms with E-state index in [-0.39, 0.29) is 17.4 Å². The molecule has 3 rings (SSSR count). The maximum absolute atomic E-state index is 12.4. The van der Waals surface area contributed by atoms with Crippen LogP contribution in [-0.2, 0) is 14.8 Å². The van der Waals surface area contributed by atoms with E-state index in [9.17, 15) is 13.2 Å². The first-order valence-corrected chi connectivity index (χ1v) is 10.6. The van der Waals surface area contributed by atoms with Gasteiger partial charge in [-0.1, -0.05) is 29.8 Å². The number of halogens is 1. The van der Waals surface area contributed by atoms with Gasteiger partial charge in [-0.25, -0.2) is 8.42 Å². The van der Waals surface area contributed by atoms with Crippen molar-refractivity contribution in [2.45, 2.75) is 11.8 Å². The van der Waals surface area contributed by atoms with Crippen molar-refractivity contribution < 1.29 is 17.9 Å². The lowest BCUT2D eigenvalue weighted by molar-refractivity contribution is -0.118. The van der Waals surface area contributed by atoms with Gasteiger partial charge < -0.3 is 10.1 Å². The Kier molecular flexibility index (Phi) is 6.41. The third kappa shape index (κ3) is 5.73. The van der Waals surface area contributed by atoms with E-state index in [2.05, 4.69) is 10.0 Å². The van der Waals surface area contributed by atoms with Crippen LogP contribution in [0.4, 0.5) is 11.4 Å². The van der Waals surface area contributed by atoms with Crippen molar-refractivity contribution in [3.05, 3.63) is 83.4 Å². The summed E-state index contributed by atoms with van der Waals surface area (Å²) < 4.78 is 32.8. The SMILES string of the molecule is Cc1cc(Cl)ccc1NC(=O)COc1ccc(S(=O)(=O)Nc2ccccc2)cc1. The topological polar surface area (TPSA) is 84.5 Å². The molecule has 1 amide bonds. The average molecular weight is 431 g/mol. The third-order valence-electron chi connectivity index (χ3n) is 3.99. The Morgan fingerprint density at radius 2 is 1.69 bits per heavy atom. The first kappa shape index (κ1) is 20.7. The zero-order chi connectivity index (χ0) is 20.9. The van der Waals surface area contributed by atoms with Crippen molar-refractivity contribution in [2.75, 3.05) is 16.6 Å². The van der Waals surface area contributed by atoms with Crippen LogP contribution in [0, 0.1) is 6.92 Å². The molecule has 6 nitrogen and oxygen atoms in total. The molecule has 0 aliphatic carbocycles. The van der Waals surface area contributed by atoms with Crippen LogP contribution in [0.15, 0.2) is 77.7 Å². The monoisotopic (exact) mass is 430 g/mol. The summed E-state index contributed by atoms with van der Waals surface area (Å²) in [6.45, 7) is 1.63. The van der Waals surface area contributed by atoms with E-state index < -0.39 is 10.0 Å². The number of hydrogen-bond donors (Lipinski definition) is 2. The lowest BCUT2D eigenvalue weighted by Crippen LogP contribution is -2.20. The minimum atomic E-state index is -3.71. The highest BCUT2D eigenvalue weighted by Gasteiger charge is 2.14. The van der Waals surface area contributed by atoms with Gasteiger partial charge in [-0.05, 0) is 67.1 Å². The van der Waals surface area contributed by atoms with Crippen LogP contribution in [0.1, 0.15) is 5.56 Å². The van der Waals surface area contributed by atoms with Gasteiger partial charge in [0.25, 0.3) is 15.9 Å². The zero-order valence-electron chi connectivity index (χ0n) is 15.6. The van der Waals surface area contributed by atoms with Gasteiger partial charge in [0.05, 0.1) is 4.90 Å². The number of rotatable bonds is 7. The fourth-order valence-electron chi connectivity index (χ4n) is 2.54. The van der Waals surface area contributed by atoms with Gasteiger partial charge in [-0.2, -0.15) is 0 Å². The van der Waals surface area contributed by atoms with Gasteiger partial charge in [0.15, 0.2) is 6.61 Å². The summed E-state index contributed by atoms with van der Waals surface area (Å²) in [4.78, 5) is 12.2. The molecule has 0 atom stereocenters. The second-order valence-electron chi connectivity index (χ2n) is 6.24. The third-order valence-corrected chi connectivity index (χ3v) is 5.62. The molecule has 0 spiro atoms. The molecule has 3 aromatic carbocycles. The molecule has 0 saturated heterocycles. The van der Waals surface area contributed by atoms with E-state index in [1.165, 1.54) is 24.3 Å². The number of ether oxygens (including phenoxy) is 1. The molecular weight excluding hydrogens is 412 g/mol. The average Bonchev–Trinajstić information content (AvgIpc) is 2.69. The highest BCUT2D eigenvalue weighted by Crippen LogP contribution is 2.21. The number of hydrogen-bond acceptors (Lipinski definition) is 4. The Morgan fingerprint density at radius 3 is 2.34 bits per heavy atom. The summed E-state index contributed by atoms with van der Waals surface area (Å²) in [6, 6.07) is 19.6. The molecule has 8 heteroatoms. The zero-order valence-corrected chi connectivity index (χ0v) is 17.1. The molecule has 0 saturated carbocycles. The fraction of sp³-hybridized carbons (Fsp3) is 0.0952. The number of anilines is 2. The summed E-state index contributed by atoms with van der Waals surface area (Å²) in [5.74, 6) is 0.0458. The van der Waals surface area contributed by atoms with Crippen LogP contribution in [-0.4, -0.2) is 20.9 Å². The minimum Gasteiger partial charge on any atom is -0.484 e. The smallest absolute Gasteiger partial charge is 0.262 e. The second kappa shape index (κ2) is 8.98. The van der Waals surface area contributed by atoms with Gasteiger partial charge in [-0.15, -0.1) is 0 Å². The van der Waals surface area contributed by atoms with Gasteiger partial charge in [-0.3, -0.25) is 9.52 Å². The Bertz CT molecular complexity index is 1100. The van der Waals surface area contributed by atoms with Crippen LogP contribution in [0.5, 0.6) is 5.75 Å². The summed E-state index contributed by atoms with van der Waals surface area (Å²) in [5.41, 5.74) is 1.96. The lowest BCUT2D eigenvalue weighted by atomic mass is 10.2. The first-order chi connectivity index (χ1) is 13.8. The number of sulfonamides is 1. The van der Waals surface area contributed by atoms with Gasteiger partial charge >= 0.3 is 0 Å². The molecule has 0 radical (unpaired) electrons. The standard InChI is InChI=1S/C21H19ClN2O4S/c1-15-13-16(22)7-12-20(15)23-21(25)14-28-18-8-10-19(11-9-18)29(26,27)24-17-5-3-2-4-6-17/h2-13,24H,14H2,1H3,(H,23,25). The van der Waals surface area contributed by atoms with Gasteiger partial charge in [0.2, 0.25) is 0 Å². The second-order valence-corrected chi connectivity index (χ2v) is 8.36. The number of carbonyl (C=O) groups excluding carboxylic acids is 1. The predicted molar refractivity (Wildman–Crippen MR) is 114 cm³/mol. The molecular formula is C21H19ClN2O4S. The number of nitrogens with one attached hydrogen (secondary N) is 2. The van der Waals surface area contributed by atoms with Crippen molar-refractivity contribution >= 4 is 38.9 Å². The van der Waals surface area contributed by atoms with Crippen molar-refractivity contribution in [1.29, 1.82) is 0 Å². The Balaban J connectivity index is 1.58. The molecule has 3 aromatic rings. The van der Waals surface area contributed by atoms with E-state index in [1.807, 2.05) is 6.92 Å². The minimum absolute atomic E-state index is 0.0925. The highest BCUT2D eigenvalue weighted by molar-refractivity contribution is 7.92. The molecule has 29 heavy (non-hydrogen) atoms. The molecule has 0 unspecified atom stereocenters. The molecule has 0 aliphatic rings. The maximum Gasteiger partial charge on any atom is 0.262 e. The van der Waals surface area contributed by atoms with Crippen LogP contribution in [0.3, 0.4) is 0 Å². The number of aryl methyl sites for hydroxylation is 1. The molecule has 0 fully saturated rings. The highest BCUT2D eigenvalue weighted by atomic mass is 35.5. The van der Waals surface area contributed by atoms with E-state index >= 15 is 0 Å². The van der Waals surface area contributed by atoms with Gasteiger partial charge in [0.1, 0.15) is 5.75 Å². The van der Waals surface area contributed by atoms with Crippen LogP contribution in [0.2, 0.25) is 5.02 Å². The number of amides is 1. The number of para-hydroxylation sites is 1. The fourth-order valence-corrected chi connectivity index (χ4v) is 3.82. The van der Waals surface area contributed by atoms with Crippen molar-refractivity contribution in [3.63, 3.8) is 0 Å². The number of benzene rings is 3. The maximum atomic E-state index is 12.4. The lowest BCUT2D eigenvalue weighted by Gasteiger charge is -2.11. The summed E-state index contributed by atoms with van der Waals surface area (Å²) >= 11 is 5.90. The van der Waals surface area contributed by atoms with Crippen molar-refractivity contribution in [2.24, 2.45) is 0 Å². The molecule has 0 aliphatic heterocycles. The summed E-state index contributed by atoms with van der Waals surface area (Å²) in [7, 11) is -3.71. The molecule has 2 N–H and O–H groups in total. The van der Waals surface area contributed by atoms with Crippen molar-refractivity contribution in [3.8, 4) is 5.75 Å². The van der Waals surface area contributed by atoms with E-state index in [1.54, 1.807) is 48.5 Å². The largest absolute Gasteiger partial charge is 0.484 e. The van der Waals surface area contributed by atoms with Gasteiger partial charge in [0, 0.05) is 16.4 Å². The first-order valence-electron chi connectivity index (χ1n) is 8.70. The summed E-state index contributed by atoms with van der Waals surface area (Å²) in [6.07, 6.45) is 0. The summed E-state index contributed by atoms with van der Waals surface area (Å²) in [5, 5.41) is 3.33. The van der Waals surface area contributed by atoms with E-state index in [0.29, 0.717) is 22.1 Å². The van der Waals surface area contributed by atoms with E-state index in [0.717, 1.165) is 5.56 Å².